The Hall–Kier alpha value is -2.02. The molecule has 0 N–H and O–H groups in total. The van der Waals surface area contributed by atoms with Gasteiger partial charge in [-0.15, -0.1) is 0 Å². The Morgan fingerprint density at radius 2 is 1.94 bits per heavy atom. The lowest BCUT2D eigenvalue weighted by atomic mass is 9.96. The van der Waals surface area contributed by atoms with Crippen molar-refractivity contribution in [2.45, 2.75) is 20.5 Å². The van der Waals surface area contributed by atoms with Gasteiger partial charge in [0.2, 0.25) is 0 Å². The fourth-order valence-electron chi connectivity index (χ4n) is 1.10. The molecular weight excluding hydrogens is 218 g/mol. The second kappa shape index (κ2) is 5.35. The quantitative estimate of drug-likeness (QED) is 0.748. The van der Waals surface area contributed by atoms with Crippen LogP contribution < -0.4 is 4.74 Å². The van der Waals surface area contributed by atoms with Gasteiger partial charge in [-0.25, -0.2) is 0 Å². The predicted molar refractivity (Wildman–Crippen MR) is 62.2 cm³/mol. The normalized spacial score (nSPS) is 10.5. The van der Waals surface area contributed by atoms with Gasteiger partial charge in [-0.05, 0) is 31.5 Å². The summed E-state index contributed by atoms with van der Waals surface area (Å²) in [5.41, 5.74) is -0.250. The maximum Gasteiger partial charge on any atom is 0.326 e. The van der Waals surface area contributed by atoms with Crippen molar-refractivity contribution < 1.29 is 14.3 Å². The van der Waals surface area contributed by atoms with Crippen LogP contribution in [0.5, 0.6) is 5.75 Å². The van der Waals surface area contributed by atoms with Crippen LogP contribution >= 0.6 is 0 Å². The van der Waals surface area contributed by atoms with E-state index in [1.165, 1.54) is 13.8 Å². The third kappa shape index (κ3) is 3.49. The molecule has 1 aromatic carbocycles. The van der Waals surface area contributed by atoms with Crippen molar-refractivity contribution in [2.24, 2.45) is 5.41 Å². The molecule has 17 heavy (non-hydrogen) atoms. The highest BCUT2D eigenvalue weighted by Gasteiger charge is 2.28. The number of benzene rings is 1. The fraction of sp³-hybridized carbons (Fsp3) is 0.385. The zero-order valence-corrected chi connectivity index (χ0v) is 10.2. The van der Waals surface area contributed by atoms with E-state index in [4.69, 9.17) is 14.7 Å². The fourth-order valence-corrected chi connectivity index (χ4v) is 1.10. The third-order valence-electron chi connectivity index (χ3n) is 2.32. The standard InChI is InChI=1S/C13H15NO3/c1-13(2,9-14)12(15)17-8-10-4-6-11(16-3)7-5-10/h4-7H,8H2,1-3H3. The van der Waals surface area contributed by atoms with Gasteiger partial charge in [0.1, 0.15) is 17.8 Å². The van der Waals surface area contributed by atoms with Crippen molar-refractivity contribution in [3.63, 3.8) is 0 Å². The van der Waals surface area contributed by atoms with Crippen LogP contribution in [0.15, 0.2) is 24.3 Å². The highest BCUT2D eigenvalue weighted by molar-refractivity contribution is 5.78. The number of carbonyl (C=O) groups excluding carboxylic acids is 1. The van der Waals surface area contributed by atoms with E-state index in [9.17, 15) is 4.79 Å². The van der Waals surface area contributed by atoms with Crippen molar-refractivity contribution in [1.82, 2.24) is 0 Å². The first-order valence-corrected chi connectivity index (χ1v) is 5.21. The van der Waals surface area contributed by atoms with E-state index in [1.54, 1.807) is 19.2 Å². The van der Waals surface area contributed by atoms with Crippen LogP contribution in [0.4, 0.5) is 0 Å². The maximum atomic E-state index is 11.5. The minimum atomic E-state index is -1.10. The number of esters is 1. The van der Waals surface area contributed by atoms with Crippen LogP contribution in [-0.4, -0.2) is 13.1 Å². The highest BCUT2D eigenvalue weighted by Crippen LogP contribution is 2.17. The molecule has 0 spiro atoms. The van der Waals surface area contributed by atoms with Gasteiger partial charge in [0.25, 0.3) is 0 Å². The number of carbonyl (C=O) groups is 1. The molecule has 0 saturated carbocycles. The molecule has 0 aliphatic heterocycles. The van der Waals surface area contributed by atoms with Gasteiger partial charge in [0.15, 0.2) is 0 Å². The third-order valence-corrected chi connectivity index (χ3v) is 2.32. The van der Waals surface area contributed by atoms with Crippen molar-refractivity contribution in [2.75, 3.05) is 7.11 Å². The van der Waals surface area contributed by atoms with Gasteiger partial charge in [0, 0.05) is 0 Å². The Morgan fingerprint density at radius 3 is 2.41 bits per heavy atom. The topological polar surface area (TPSA) is 59.3 Å². The van der Waals surface area contributed by atoms with Crippen LogP contribution in [0.2, 0.25) is 0 Å². The minimum absolute atomic E-state index is 0.161. The van der Waals surface area contributed by atoms with Crippen LogP contribution in [0, 0.1) is 16.7 Å². The minimum Gasteiger partial charge on any atom is -0.497 e. The SMILES string of the molecule is COc1ccc(COC(=O)C(C)(C)C#N)cc1. The molecule has 0 bridgehead atoms. The Kier molecular flexibility index (Phi) is 4.11. The van der Waals surface area contributed by atoms with Crippen molar-refractivity contribution in [3.8, 4) is 11.8 Å². The maximum absolute atomic E-state index is 11.5. The molecule has 0 saturated heterocycles. The smallest absolute Gasteiger partial charge is 0.326 e. The molecule has 0 atom stereocenters. The summed E-state index contributed by atoms with van der Waals surface area (Å²) < 4.78 is 10.1. The number of hydrogen-bond acceptors (Lipinski definition) is 4. The molecule has 0 aliphatic carbocycles. The van der Waals surface area contributed by atoms with Gasteiger partial charge >= 0.3 is 5.97 Å². The summed E-state index contributed by atoms with van der Waals surface area (Å²) in [6, 6.07) is 9.10. The van der Waals surface area contributed by atoms with Gasteiger partial charge in [0.05, 0.1) is 13.2 Å². The van der Waals surface area contributed by atoms with Crippen molar-refractivity contribution >= 4 is 5.97 Å². The number of ether oxygens (including phenoxy) is 2. The second-order valence-corrected chi connectivity index (χ2v) is 4.16. The molecular formula is C13H15NO3. The van der Waals surface area contributed by atoms with E-state index in [-0.39, 0.29) is 6.61 Å². The molecule has 0 amide bonds. The van der Waals surface area contributed by atoms with E-state index < -0.39 is 11.4 Å². The number of methoxy groups -OCH3 is 1. The molecule has 0 heterocycles. The highest BCUT2D eigenvalue weighted by atomic mass is 16.5. The Labute approximate surface area is 101 Å². The van der Waals surface area contributed by atoms with E-state index in [0.29, 0.717) is 0 Å². The van der Waals surface area contributed by atoms with Gasteiger partial charge in [-0.3, -0.25) is 4.79 Å². The lowest BCUT2D eigenvalue weighted by Gasteiger charge is -2.14. The number of nitrogens with zero attached hydrogens (tertiary/aromatic N) is 1. The molecule has 4 heteroatoms. The first-order valence-electron chi connectivity index (χ1n) is 5.21. The molecule has 0 aliphatic rings. The van der Waals surface area contributed by atoms with Gasteiger partial charge < -0.3 is 9.47 Å². The number of hydrogen-bond donors (Lipinski definition) is 0. The zero-order chi connectivity index (χ0) is 12.9. The number of rotatable bonds is 4. The summed E-state index contributed by atoms with van der Waals surface area (Å²) >= 11 is 0. The van der Waals surface area contributed by atoms with E-state index in [0.717, 1.165) is 11.3 Å². The van der Waals surface area contributed by atoms with Crippen LogP contribution in [0.3, 0.4) is 0 Å². The average molecular weight is 233 g/mol. The van der Waals surface area contributed by atoms with Crippen molar-refractivity contribution in [3.05, 3.63) is 29.8 Å². The van der Waals surface area contributed by atoms with E-state index in [1.807, 2.05) is 18.2 Å². The molecule has 1 rings (SSSR count). The average Bonchev–Trinajstić information content (AvgIpc) is 2.36. The van der Waals surface area contributed by atoms with Crippen LogP contribution in [0.25, 0.3) is 0 Å². The summed E-state index contributed by atoms with van der Waals surface area (Å²) in [4.78, 5) is 11.5. The zero-order valence-electron chi connectivity index (χ0n) is 10.2. The lowest BCUT2D eigenvalue weighted by molar-refractivity contribution is -0.152. The largest absolute Gasteiger partial charge is 0.497 e. The van der Waals surface area contributed by atoms with Gasteiger partial charge in [-0.1, -0.05) is 12.1 Å². The van der Waals surface area contributed by atoms with Gasteiger partial charge in [-0.2, -0.15) is 5.26 Å². The second-order valence-electron chi connectivity index (χ2n) is 4.16. The molecule has 0 radical (unpaired) electrons. The monoisotopic (exact) mass is 233 g/mol. The summed E-state index contributed by atoms with van der Waals surface area (Å²) in [6.07, 6.45) is 0. The summed E-state index contributed by atoms with van der Waals surface area (Å²) in [6.45, 7) is 3.22. The van der Waals surface area contributed by atoms with Crippen LogP contribution in [-0.2, 0) is 16.1 Å². The summed E-state index contributed by atoms with van der Waals surface area (Å²) in [5.74, 6) is 0.230. The molecule has 0 fully saturated rings. The Bertz CT molecular complexity index is 429. The molecule has 0 unspecified atom stereocenters. The van der Waals surface area contributed by atoms with Crippen LogP contribution in [0.1, 0.15) is 19.4 Å². The number of nitriles is 1. The van der Waals surface area contributed by atoms with E-state index in [2.05, 4.69) is 0 Å². The summed E-state index contributed by atoms with van der Waals surface area (Å²) in [7, 11) is 1.59. The molecule has 1 aromatic rings. The molecule has 90 valence electrons. The first-order chi connectivity index (χ1) is 7.99. The lowest BCUT2D eigenvalue weighted by Crippen LogP contribution is -2.24. The Morgan fingerprint density at radius 1 is 1.35 bits per heavy atom. The van der Waals surface area contributed by atoms with E-state index >= 15 is 0 Å². The predicted octanol–water partition coefficient (Wildman–Crippen LogP) is 2.29. The summed E-state index contributed by atoms with van der Waals surface area (Å²) in [5, 5.41) is 8.76. The molecule has 4 nitrogen and oxygen atoms in total. The first kappa shape index (κ1) is 13.0. The molecule has 0 aromatic heterocycles. The van der Waals surface area contributed by atoms with Crippen molar-refractivity contribution in [1.29, 1.82) is 5.26 Å². The Balaban J connectivity index is 2.57.